The number of nitrogens with zero attached hydrogens (tertiary/aromatic N) is 5. The maximum absolute atomic E-state index is 10.5. The van der Waals surface area contributed by atoms with Gasteiger partial charge in [0.2, 0.25) is 0 Å². The van der Waals surface area contributed by atoms with Crippen LogP contribution in [0.2, 0.25) is 18.1 Å². The van der Waals surface area contributed by atoms with E-state index in [2.05, 4.69) is 54.3 Å². The highest BCUT2D eigenvalue weighted by Gasteiger charge is 2.46. The Morgan fingerprint density at radius 3 is 2.58 bits per heavy atom. The summed E-state index contributed by atoms with van der Waals surface area (Å²) in [5, 5.41) is 32.5. The highest BCUT2D eigenvalue weighted by atomic mass is 28.4. The molecule has 0 aromatic carbocycles. The lowest BCUT2D eigenvalue weighted by Gasteiger charge is -2.37. The van der Waals surface area contributed by atoms with Gasteiger partial charge in [-0.3, -0.25) is 4.57 Å². The minimum atomic E-state index is -1.99. The average molecular weight is 382 g/mol. The van der Waals surface area contributed by atoms with Gasteiger partial charge in [-0.25, -0.2) is 4.98 Å². The maximum atomic E-state index is 10.5. The van der Waals surface area contributed by atoms with Crippen molar-refractivity contribution in [2.45, 2.75) is 70.4 Å². The summed E-state index contributed by atoms with van der Waals surface area (Å²) in [6, 6.07) is 0. The van der Waals surface area contributed by atoms with Crippen molar-refractivity contribution < 1.29 is 19.4 Å². The predicted molar refractivity (Wildman–Crippen MR) is 96.9 cm³/mol. The molecule has 0 radical (unpaired) electrons. The molecule has 9 nitrogen and oxygen atoms in total. The molecule has 0 aliphatic carbocycles. The van der Waals surface area contributed by atoms with Gasteiger partial charge >= 0.3 is 0 Å². The Morgan fingerprint density at radius 1 is 1.23 bits per heavy atom. The van der Waals surface area contributed by atoms with Crippen molar-refractivity contribution in [3.63, 3.8) is 0 Å². The Balaban J connectivity index is 1.78. The predicted octanol–water partition coefficient (Wildman–Crippen LogP) is 1.17. The molecule has 2 aromatic rings. The molecule has 4 atom stereocenters. The van der Waals surface area contributed by atoms with Crippen LogP contribution in [0.1, 0.15) is 32.7 Å². The second-order valence-electron chi connectivity index (χ2n) is 8.32. The van der Waals surface area contributed by atoms with Crippen LogP contribution < -0.4 is 0 Å². The van der Waals surface area contributed by atoms with E-state index in [1.165, 1.54) is 6.33 Å². The maximum Gasteiger partial charge on any atom is 0.192 e. The third kappa shape index (κ3) is 3.27. The Hall–Kier alpha value is -1.46. The summed E-state index contributed by atoms with van der Waals surface area (Å²) >= 11 is 0. The van der Waals surface area contributed by atoms with E-state index in [0.29, 0.717) is 16.9 Å². The van der Waals surface area contributed by atoms with Gasteiger partial charge in [-0.2, -0.15) is 0 Å². The minimum absolute atomic E-state index is 0.0508. The lowest BCUT2D eigenvalue weighted by molar-refractivity contribution is -0.0491. The van der Waals surface area contributed by atoms with Gasteiger partial charge in [-0.05, 0) is 30.3 Å². The van der Waals surface area contributed by atoms with Gasteiger partial charge in [-0.1, -0.05) is 20.8 Å². The SMILES string of the molecule is Cc1nnnc2c1ncn2[C@@H]1O[C@H](CO[Si](C)(C)C(C)(C)C)[C@@H](O)[C@H]1O. The monoisotopic (exact) mass is 381 g/mol. The van der Waals surface area contributed by atoms with E-state index in [1.54, 1.807) is 11.5 Å². The van der Waals surface area contributed by atoms with E-state index in [4.69, 9.17) is 9.16 Å². The van der Waals surface area contributed by atoms with Gasteiger partial charge in [-0.15, -0.1) is 10.2 Å². The summed E-state index contributed by atoms with van der Waals surface area (Å²) < 4.78 is 13.6. The van der Waals surface area contributed by atoms with Crippen molar-refractivity contribution in [3.8, 4) is 0 Å². The molecule has 1 aliphatic rings. The smallest absolute Gasteiger partial charge is 0.192 e. The van der Waals surface area contributed by atoms with Crippen molar-refractivity contribution in [2.24, 2.45) is 0 Å². The number of aliphatic hydroxyl groups is 2. The molecule has 0 saturated carbocycles. The van der Waals surface area contributed by atoms with Crippen LogP contribution in [0.3, 0.4) is 0 Å². The molecule has 1 saturated heterocycles. The number of rotatable bonds is 4. The second-order valence-corrected chi connectivity index (χ2v) is 13.1. The molecule has 0 unspecified atom stereocenters. The fourth-order valence-electron chi connectivity index (χ4n) is 2.68. The fraction of sp³-hybridized carbons (Fsp3) is 0.750. The van der Waals surface area contributed by atoms with Crippen LogP contribution in [0.5, 0.6) is 0 Å². The zero-order chi connectivity index (χ0) is 19.3. The first kappa shape index (κ1) is 19.3. The van der Waals surface area contributed by atoms with E-state index in [1.807, 2.05) is 0 Å². The van der Waals surface area contributed by atoms with E-state index >= 15 is 0 Å². The number of ether oxygens (including phenoxy) is 1. The van der Waals surface area contributed by atoms with Crippen molar-refractivity contribution >= 4 is 19.5 Å². The molecule has 1 fully saturated rings. The molecule has 26 heavy (non-hydrogen) atoms. The number of aliphatic hydroxyl groups excluding tert-OH is 2. The van der Waals surface area contributed by atoms with Crippen LogP contribution in [0.25, 0.3) is 11.2 Å². The Bertz CT molecular complexity index is 791. The first-order chi connectivity index (χ1) is 12.0. The normalized spacial score (nSPS) is 27.4. The summed E-state index contributed by atoms with van der Waals surface area (Å²) in [5.41, 5.74) is 1.69. The highest BCUT2D eigenvalue weighted by molar-refractivity contribution is 6.74. The summed E-state index contributed by atoms with van der Waals surface area (Å²) in [5.74, 6) is 0. The van der Waals surface area contributed by atoms with Gasteiger partial charge in [0.15, 0.2) is 20.2 Å². The third-order valence-corrected chi connectivity index (χ3v) is 9.97. The Morgan fingerprint density at radius 2 is 1.92 bits per heavy atom. The Labute approximate surface area is 153 Å². The molecule has 2 aromatic heterocycles. The van der Waals surface area contributed by atoms with Gasteiger partial charge in [0.05, 0.1) is 18.6 Å². The zero-order valence-electron chi connectivity index (χ0n) is 16.0. The van der Waals surface area contributed by atoms with E-state index in [0.717, 1.165) is 0 Å². The van der Waals surface area contributed by atoms with Crippen LogP contribution in [0.4, 0.5) is 0 Å². The number of hydrogen-bond acceptors (Lipinski definition) is 8. The van der Waals surface area contributed by atoms with E-state index in [9.17, 15) is 10.2 Å². The standard InChI is InChI=1S/C16H27N5O4Si/c1-9-11-14(19-20-18-9)21(8-17-11)15-13(23)12(22)10(25-15)7-24-26(5,6)16(2,3)4/h8,10,12-13,15,22-23H,7H2,1-6H3/t10-,12-,13-,15-/m1/s1. The van der Waals surface area contributed by atoms with Crippen molar-refractivity contribution in [2.75, 3.05) is 6.61 Å². The molecule has 1 aliphatic heterocycles. The van der Waals surface area contributed by atoms with Gasteiger partial charge in [0, 0.05) is 0 Å². The third-order valence-electron chi connectivity index (χ3n) is 5.47. The number of hydrogen-bond donors (Lipinski definition) is 2. The summed E-state index contributed by atoms with van der Waals surface area (Å²) in [6.45, 7) is 12.7. The van der Waals surface area contributed by atoms with Gasteiger partial charge in [0.1, 0.15) is 23.8 Å². The average Bonchev–Trinajstić information content (AvgIpc) is 3.08. The Kier molecular flexibility index (Phi) is 4.91. The zero-order valence-corrected chi connectivity index (χ0v) is 17.0. The van der Waals surface area contributed by atoms with Crippen LogP contribution in [-0.4, -0.2) is 68.4 Å². The molecule has 2 N–H and O–H groups in total. The van der Waals surface area contributed by atoms with Crippen LogP contribution >= 0.6 is 0 Å². The summed E-state index contributed by atoms with van der Waals surface area (Å²) in [6.07, 6.45) is -2.09. The number of aromatic nitrogens is 5. The first-order valence-corrected chi connectivity index (χ1v) is 11.6. The number of imidazole rings is 1. The number of aryl methyl sites for hydroxylation is 1. The minimum Gasteiger partial charge on any atom is -0.414 e. The quantitative estimate of drug-likeness (QED) is 0.758. The largest absolute Gasteiger partial charge is 0.414 e. The summed E-state index contributed by atoms with van der Waals surface area (Å²) in [7, 11) is -1.99. The van der Waals surface area contributed by atoms with E-state index in [-0.39, 0.29) is 11.6 Å². The molecule has 0 amide bonds. The molecular weight excluding hydrogens is 354 g/mol. The molecule has 0 spiro atoms. The highest BCUT2D eigenvalue weighted by Crippen LogP contribution is 2.38. The molecule has 10 heteroatoms. The van der Waals surface area contributed by atoms with Crippen LogP contribution in [-0.2, 0) is 9.16 Å². The summed E-state index contributed by atoms with van der Waals surface area (Å²) in [4.78, 5) is 4.27. The lowest BCUT2D eigenvalue weighted by atomic mass is 10.1. The van der Waals surface area contributed by atoms with Crippen LogP contribution in [0.15, 0.2) is 6.33 Å². The van der Waals surface area contributed by atoms with Crippen LogP contribution in [0, 0.1) is 6.92 Å². The van der Waals surface area contributed by atoms with Gasteiger partial charge < -0.3 is 19.4 Å². The fourth-order valence-corrected chi connectivity index (χ4v) is 3.69. The topological polar surface area (TPSA) is 115 Å². The van der Waals surface area contributed by atoms with Gasteiger partial charge in [0.25, 0.3) is 0 Å². The lowest BCUT2D eigenvalue weighted by Crippen LogP contribution is -2.44. The van der Waals surface area contributed by atoms with Crippen molar-refractivity contribution in [3.05, 3.63) is 12.0 Å². The molecule has 3 rings (SSSR count). The van der Waals surface area contributed by atoms with Crippen molar-refractivity contribution in [1.29, 1.82) is 0 Å². The number of fused-ring (bicyclic) bond motifs is 1. The molecule has 144 valence electrons. The molecule has 0 bridgehead atoms. The van der Waals surface area contributed by atoms with Crippen molar-refractivity contribution in [1.82, 2.24) is 25.0 Å². The molecule has 3 heterocycles. The van der Waals surface area contributed by atoms with E-state index < -0.39 is 32.9 Å². The molecular formula is C16H27N5O4Si. The second kappa shape index (κ2) is 6.61. The first-order valence-electron chi connectivity index (χ1n) is 8.71.